The van der Waals surface area contributed by atoms with Crippen molar-refractivity contribution in [2.24, 2.45) is 4.99 Å². The van der Waals surface area contributed by atoms with Crippen LogP contribution < -0.4 is 9.47 Å². The second-order valence-corrected chi connectivity index (χ2v) is 5.97. The summed E-state index contributed by atoms with van der Waals surface area (Å²) in [6, 6.07) is 12.3. The smallest absolute Gasteiger partial charge is 0.363 e. The number of cyclic esters (lactones) is 1. The topological polar surface area (TPSA) is 74.2 Å². The standard InChI is InChI=1S/C20H16ClNO5/c1-3-25-17-11-13(9-15(21)18(17)26-12(2)23)10-16-20(24)27-19(22-16)14-7-5-4-6-8-14/h4-11H,3H2,1-2H3/b16-10+. The van der Waals surface area contributed by atoms with Crippen LogP contribution in [0.25, 0.3) is 6.08 Å². The number of halogens is 1. The first-order valence-electron chi connectivity index (χ1n) is 8.20. The van der Waals surface area contributed by atoms with E-state index in [1.165, 1.54) is 13.0 Å². The van der Waals surface area contributed by atoms with E-state index in [1.807, 2.05) is 18.2 Å². The van der Waals surface area contributed by atoms with Gasteiger partial charge in [0.1, 0.15) is 0 Å². The normalized spacial score (nSPS) is 14.7. The lowest BCUT2D eigenvalue weighted by atomic mass is 10.1. The molecule has 1 heterocycles. The second kappa shape index (κ2) is 8.05. The Morgan fingerprint density at radius 2 is 2.00 bits per heavy atom. The molecule has 0 saturated carbocycles. The minimum absolute atomic E-state index is 0.132. The molecule has 0 spiro atoms. The Bertz CT molecular complexity index is 950. The van der Waals surface area contributed by atoms with E-state index in [9.17, 15) is 9.59 Å². The van der Waals surface area contributed by atoms with Gasteiger partial charge in [-0.2, -0.15) is 0 Å². The SMILES string of the molecule is CCOc1cc(/C=C2/N=C(c3ccccc3)OC2=O)cc(Cl)c1OC(C)=O. The van der Waals surface area contributed by atoms with Gasteiger partial charge < -0.3 is 14.2 Å². The van der Waals surface area contributed by atoms with E-state index >= 15 is 0 Å². The fourth-order valence-corrected chi connectivity index (χ4v) is 2.71. The van der Waals surface area contributed by atoms with Gasteiger partial charge in [0.15, 0.2) is 17.2 Å². The van der Waals surface area contributed by atoms with E-state index in [-0.39, 0.29) is 22.4 Å². The summed E-state index contributed by atoms with van der Waals surface area (Å²) in [6.45, 7) is 3.42. The first-order valence-corrected chi connectivity index (χ1v) is 8.58. The molecule has 7 heteroatoms. The number of nitrogens with zero attached hydrogens (tertiary/aromatic N) is 1. The Hall–Kier alpha value is -3.12. The maximum atomic E-state index is 12.1. The molecule has 6 nitrogen and oxygen atoms in total. The number of ether oxygens (including phenoxy) is 3. The van der Waals surface area contributed by atoms with Crippen molar-refractivity contribution < 1.29 is 23.8 Å². The fraction of sp³-hybridized carbons (Fsp3) is 0.150. The molecule has 27 heavy (non-hydrogen) atoms. The molecular formula is C20H16ClNO5. The number of aliphatic imine (C=N–C) groups is 1. The Morgan fingerprint density at radius 3 is 2.67 bits per heavy atom. The highest BCUT2D eigenvalue weighted by molar-refractivity contribution is 6.32. The summed E-state index contributed by atoms with van der Waals surface area (Å²) in [7, 11) is 0. The highest BCUT2D eigenvalue weighted by atomic mass is 35.5. The molecule has 0 radical (unpaired) electrons. The van der Waals surface area contributed by atoms with Gasteiger partial charge >= 0.3 is 11.9 Å². The quantitative estimate of drug-likeness (QED) is 0.441. The van der Waals surface area contributed by atoms with Crippen LogP contribution in [-0.4, -0.2) is 24.4 Å². The second-order valence-electron chi connectivity index (χ2n) is 5.56. The van der Waals surface area contributed by atoms with Crippen LogP contribution in [0.1, 0.15) is 25.0 Å². The van der Waals surface area contributed by atoms with E-state index < -0.39 is 11.9 Å². The van der Waals surface area contributed by atoms with E-state index in [0.717, 1.165) is 0 Å². The summed E-state index contributed by atoms with van der Waals surface area (Å²) < 4.78 is 15.8. The molecule has 2 aromatic carbocycles. The molecule has 0 aromatic heterocycles. The van der Waals surface area contributed by atoms with Crippen molar-refractivity contribution >= 4 is 35.5 Å². The molecule has 0 bridgehead atoms. The summed E-state index contributed by atoms with van der Waals surface area (Å²) >= 11 is 6.22. The lowest BCUT2D eigenvalue weighted by molar-refractivity contribution is -0.132. The highest BCUT2D eigenvalue weighted by Crippen LogP contribution is 2.37. The Labute approximate surface area is 161 Å². The van der Waals surface area contributed by atoms with Gasteiger partial charge in [0.25, 0.3) is 0 Å². The van der Waals surface area contributed by atoms with E-state index in [0.29, 0.717) is 23.5 Å². The average Bonchev–Trinajstić information content (AvgIpc) is 2.99. The van der Waals surface area contributed by atoms with Gasteiger partial charge in [-0.15, -0.1) is 0 Å². The maximum Gasteiger partial charge on any atom is 0.363 e. The lowest BCUT2D eigenvalue weighted by Gasteiger charge is -2.12. The van der Waals surface area contributed by atoms with Gasteiger partial charge in [0.05, 0.1) is 11.6 Å². The van der Waals surface area contributed by atoms with Gasteiger partial charge in [0, 0.05) is 12.5 Å². The van der Waals surface area contributed by atoms with Gasteiger partial charge in [-0.25, -0.2) is 9.79 Å². The molecule has 2 aromatic rings. The van der Waals surface area contributed by atoms with Crippen LogP contribution in [0.3, 0.4) is 0 Å². The number of rotatable bonds is 5. The molecule has 0 N–H and O–H groups in total. The summed E-state index contributed by atoms with van der Waals surface area (Å²) in [4.78, 5) is 27.7. The minimum atomic E-state index is -0.563. The van der Waals surface area contributed by atoms with E-state index in [2.05, 4.69) is 4.99 Å². The molecule has 0 aliphatic carbocycles. The number of carbonyl (C=O) groups is 2. The largest absolute Gasteiger partial charge is 0.490 e. The third-order valence-electron chi connectivity index (χ3n) is 3.52. The van der Waals surface area contributed by atoms with Crippen molar-refractivity contribution in [3.05, 3.63) is 64.3 Å². The first-order chi connectivity index (χ1) is 13.0. The van der Waals surface area contributed by atoms with Crippen molar-refractivity contribution in [1.82, 2.24) is 0 Å². The molecule has 138 valence electrons. The molecule has 0 saturated heterocycles. The van der Waals surface area contributed by atoms with Crippen LogP contribution >= 0.6 is 11.6 Å². The highest BCUT2D eigenvalue weighted by Gasteiger charge is 2.24. The fourth-order valence-electron chi connectivity index (χ4n) is 2.45. The van der Waals surface area contributed by atoms with Crippen molar-refractivity contribution in [3.8, 4) is 11.5 Å². The van der Waals surface area contributed by atoms with Crippen LogP contribution in [0.4, 0.5) is 0 Å². The van der Waals surface area contributed by atoms with E-state index in [1.54, 1.807) is 31.2 Å². The summed E-state index contributed by atoms with van der Waals surface area (Å²) in [5.41, 5.74) is 1.39. The monoisotopic (exact) mass is 385 g/mol. The lowest BCUT2D eigenvalue weighted by Crippen LogP contribution is -2.05. The molecule has 0 atom stereocenters. The minimum Gasteiger partial charge on any atom is -0.490 e. The number of hydrogen-bond acceptors (Lipinski definition) is 6. The Morgan fingerprint density at radius 1 is 1.26 bits per heavy atom. The predicted octanol–water partition coefficient (Wildman–Crippen LogP) is 4.01. The first kappa shape index (κ1) is 18.7. The molecule has 3 rings (SSSR count). The van der Waals surface area contributed by atoms with Gasteiger partial charge in [0.2, 0.25) is 5.90 Å². The third-order valence-corrected chi connectivity index (χ3v) is 3.80. The van der Waals surface area contributed by atoms with Crippen molar-refractivity contribution in [1.29, 1.82) is 0 Å². The zero-order valence-corrected chi connectivity index (χ0v) is 15.4. The van der Waals surface area contributed by atoms with Crippen molar-refractivity contribution in [2.45, 2.75) is 13.8 Å². The molecule has 1 aliphatic heterocycles. The molecule has 0 amide bonds. The average molecular weight is 386 g/mol. The molecule has 0 unspecified atom stereocenters. The van der Waals surface area contributed by atoms with Crippen molar-refractivity contribution in [2.75, 3.05) is 6.61 Å². The third kappa shape index (κ3) is 4.35. The molecular weight excluding hydrogens is 370 g/mol. The van der Waals surface area contributed by atoms with E-state index in [4.69, 9.17) is 25.8 Å². The van der Waals surface area contributed by atoms with Crippen LogP contribution in [0.2, 0.25) is 5.02 Å². The van der Waals surface area contributed by atoms with Crippen LogP contribution in [0, 0.1) is 0 Å². The van der Waals surface area contributed by atoms with Crippen LogP contribution in [-0.2, 0) is 14.3 Å². The van der Waals surface area contributed by atoms with Gasteiger partial charge in [-0.1, -0.05) is 29.8 Å². The summed E-state index contributed by atoms with van der Waals surface area (Å²) in [5.74, 6) is -0.409. The van der Waals surface area contributed by atoms with Crippen LogP contribution in [0.15, 0.2) is 53.2 Å². The van der Waals surface area contributed by atoms with Gasteiger partial charge in [-0.05, 0) is 42.8 Å². The zero-order valence-electron chi connectivity index (χ0n) is 14.7. The van der Waals surface area contributed by atoms with Gasteiger partial charge in [-0.3, -0.25) is 4.79 Å². The maximum absolute atomic E-state index is 12.1. The predicted molar refractivity (Wildman–Crippen MR) is 101 cm³/mol. The Kier molecular flexibility index (Phi) is 5.57. The summed E-state index contributed by atoms with van der Waals surface area (Å²) in [6.07, 6.45) is 1.53. The molecule has 1 aliphatic rings. The number of benzene rings is 2. The zero-order chi connectivity index (χ0) is 19.4. The number of carbonyl (C=O) groups excluding carboxylic acids is 2. The number of hydrogen-bond donors (Lipinski definition) is 0. The Balaban J connectivity index is 1.97. The summed E-state index contributed by atoms with van der Waals surface area (Å²) in [5, 5.41) is 0.182. The van der Waals surface area contributed by atoms with Crippen molar-refractivity contribution in [3.63, 3.8) is 0 Å². The number of esters is 2. The molecule has 0 fully saturated rings. The van der Waals surface area contributed by atoms with Crippen LogP contribution in [0.5, 0.6) is 11.5 Å².